The molecule has 3 aromatic rings. The second kappa shape index (κ2) is 4.19. The van der Waals surface area contributed by atoms with Gasteiger partial charge in [0, 0.05) is 27.7 Å². The smallest absolute Gasteiger partial charge is 0.198 e. The first kappa shape index (κ1) is 11.4. The van der Waals surface area contributed by atoms with Gasteiger partial charge in [-0.2, -0.15) is 0 Å². The van der Waals surface area contributed by atoms with Crippen molar-refractivity contribution in [3.05, 3.63) is 58.1 Å². The maximum absolute atomic E-state index is 12.2. The highest BCUT2D eigenvalue weighted by molar-refractivity contribution is 6.40. The third-order valence-corrected chi connectivity index (χ3v) is 3.24. The zero-order valence-electron chi connectivity index (χ0n) is 9.04. The zero-order chi connectivity index (χ0) is 12.7. The number of hydrogen-bond donors (Lipinski definition) is 1. The molecule has 18 heavy (non-hydrogen) atoms. The van der Waals surface area contributed by atoms with Crippen molar-refractivity contribution in [2.45, 2.75) is 0 Å². The third-order valence-electron chi connectivity index (χ3n) is 2.72. The van der Waals surface area contributed by atoms with E-state index in [0.29, 0.717) is 26.6 Å². The Morgan fingerprint density at radius 1 is 1.28 bits per heavy atom. The second-order valence-corrected chi connectivity index (χ2v) is 4.70. The van der Waals surface area contributed by atoms with E-state index < -0.39 is 0 Å². The molecule has 3 nitrogen and oxygen atoms in total. The first-order valence-electron chi connectivity index (χ1n) is 5.20. The fraction of sp³-hybridized carbons (Fsp3) is 0. The minimum Gasteiger partial charge on any atom is -0.472 e. The quantitative estimate of drug-likeness (QED) is 0.711. The van der Waals surface area contributed by atoms with E-state index >= 15 is 0 Å². The summed E-state index contributed by atoms with van der Waals surface area (Å²) < 4.78 is 4.91. The van der Waals surface area contributed by atoms with Gasteiger partial charge in [0.25, 0.3) is 0 Å². The highest BCUT2D eigenvalue weighted by atomic mass is 35.5. The molecule has 0 unspecified atom stereocenters. The Morgan fingerprint density at radius 3 is 2.83 bits per heavy atom. The molecule has 0 aliphatic heterocycles. The number of nitrogens with one attached hydrogen (secondary N) is 1. The van der Waals surface area contributed by atoms with E-state index in [-0.39, 0.29) is 5.78 Å². The summed E-state index contributed by atoms with van der Waals surface area (Å²) in [7, 11) is 0. The number of benzene rings is 1. The lowest BCUT2D eigenvalue weighted by molar-refractivity contribution is 0.103. The molecule has 0 bridgehead atoms. The molecule has 0 saturated carbocycles. The molecule has 0 amide bonds. The second-order valence-electron chi connectivity index (χ2n) is 3.85. The topological polar surface area (TPSA) is 46.0 Å². The molecular formula is C13H7Cl2NO2. The lowest BCUT2D eigenvalue weighted by Gasteiger charge is -1.99. The monoisotopic (exact) mass is 279 g/mol. The van der Waals surface area contributed by atoms with Crippen molar-refractivity contribution in [3.8, 4) is 0 Å². The van der Waals surface area contributed by atoms with E-state index in [1.807, 2.05) is 0 Å². The van der Waals surface area contributed by atoms with Crippen LogP contribution in [0.2, 0.25) is 10.0 Å². The van der Waals surface area contributed by atoms with E-state index in [0.717, 1.165) is 5.52 Å². The van der Waals surface area contributed by atoms with E-state index in [1.165, 1.54) is 12.5 Å². The van der Waals surface area contributed by atoms with E-state index in [2.05, 4.69) is 4.98 Å². The largest absolute Gasteiger partial charge is 0.472 e. The van der Waals surface area contributed by atoms with Gasteiger partial charge in [0.05, 0.1) is 16.8 Å². The summed E-state index contributed by atoms with van der Waals surface area (Å²) >= 11 is 12.0. The molecule has 1 aromatic carbocycles. The Balaban J connectivity index is 2.22. The SMILES string of the molecule is O=C(c1ccoc1)c1c[nH]c2cc(Cl)cc(Cl)c12. The van der Waals surface area contributed by atoms with Crippen LogP contribution in [0, 0.1) is 0 Å². The number of H-pyrrole nitrogens is 1. The Labute approximate surface area is 112 Å². The van der Waals surface area contributed by atoms with Crippen molar-refractivity contribution >= 4 is 39.9 Å². The van der Waals surface area contributed by atoms with Crippen LogP contribution in [0.4, 0.5) is 0 Å². The molecule has 0 spiro atoms. The number of carbonyl (C=O) groups is 1. The molecule has 2 aromatic heterocycles. The van der Waals surface area contributed by atoms with Crippen LogP contribution < -0.4 is 0 Å². The van der Waals surface area contributed by atoms with Crippen molar-refractivity contribution in [1.82, 2.24) is 4.98 Å². The fourth-order valence-corrected chi connectivity index (χ4v) is 2.51. The molecule has 3 rings (SSSR count). The van der Waals surface area contributed by atoms with Gasteiger partial charge in [0.15, 0.2) is 5.78 Å². The number of rotatable bonds is 2. The summed E-state index contributed by atoms with van der Waals surface area (Å²) in [6.45, 7) is 0. The number of aromatic nitrogens is 1. The Morgan fingerprint density at radius 2 is 2.11 bits per heavy atom. The predicted octanol–water partition coefficient (Wildman–Crippen LogP) is 4.30. The molecule has 0 radical (unpaired) electrons. The summed E-state index contributed by atoms with van der Waals surface area (Å²) in [4.78, 5) is 15.2. The number of fused-ring (bicyclic) bond motifs is 1. The molecule has 0 aliphatic rings. The highest BCUT2D eigenvalue weighted by Gasteiger charge is 2.17. The number of carbonyl (C=O) groups excluding carboxylic acids is 1. The number of ketones is 1. The minimum atomic E-state index is -0.140. The van der Waals surface area contributed by atoms with E-state index in [1.54, 1.807) is 24.4 Å². The highest BCUT2D eigenvalue weighted by Crippen LogP contribution is 2.31. The average molecular weight is 280 g/mol. The maximum atomic E-state index is 12.2. The van der Waals surface area contributed by atoms with Gasteiger partial charge in [0.2, 0.25) is 0 Å². The number of hydrogen-bond acceptors (Lipinski definition) is 2. The molecule has 90 valence electrons. The summed E-state index contributed by atoms with van der Waals surface area (Å²) in [6.07, 6.45) is 4.49. The summed E-state index contributed by atoms with van der Waals surface area (Å²) in [6, 6.07) is 4.96. The molecule has 0 saturated heterocycles. The van der Waals surface area contributed by atoms with Gasteiger partial charge in [0.1, 0.15) is 6.26 Å². The Bertz CT molecular complexity index is 729. The molecule has 5 heteroatoms. The lowest BCUT2D eigenvalue weighted by Crippen LogP contribution is -1.98. The van der Waals surface area contributed by atoms with Crippen LogP contribution in [0.3, 0.4) is 0 Å². The molecule has 0 atom stereocenters. The number of furan rings is 1. The van der Waals surface area contributed by atoms with Crippen LogP contribution in [0.15, 0.2) is 41.3 Å². The van der Waals surface area contributed by atoms with Gasteiger partial charge >= 0.3 is 0 Å². The standard InChI is InChI=1S/C13H7Cl2NO2/c14-8-3-10(15)12-9(5-16-11(12)4-8)13(17)7-1-2-18-6-7/h1-6,16H. The van der Waals surface area contributed by atoms with Gasteiger partial charge in [-0.25, -0.2) is 0 Å². The van der Waals surface area contributed by atoms with Gasteiger partial charge in [-0.05, 0) is 18.2 Å². The Hall–Kier alpha value is -1.71. The van der Waals surface area contributed by atoms with E-state index in [4.69, 9.17) is 27.6 Å². The summed E-state index contributed by atoms with van der Waals surface area (Å²) in [5.41, 5.74) is 1.73. The van der Waals surface area contributed by atoms with Crippen molar-refractivity contribution in [2.75, 3.05) is 0 Å². The fourth-order valence-electron chi connectivity index (χ4n) is 1.91. The van der Waals surface area contributed by atoms with Gasteiger partial charge in [-0.1, -0.05) is 23.2 Å². The summed E-state index contributed by atoms with van der Waals surface area (Å²) in [5, 5.41) is 1.65. The van der Waals surface area contributed by atoms with Crippen LogP contribution in [0.25, 0.3) is 10.9 Å². The van der Waals surface area contributed by atoms with Crippen LogP contribution >= 0.6 is 23.2 Å². The molecule has 2 heterocycles. The molecule has 0 aliphatic carbocycles. The Kier molecular flexibility index (Phi) is 2.65. The molecule has 1 N–H and O–H groups in total. The van der Waals surface area contributed by atoms with Gasteiger partial charge < -0.3 is 9.40 Å². The first-order valence-corrected chi connectivity index (χ1v) is 5.95. The average Bonchev–Trinajstić information content (AvgIpc) is 2.96. The van der Waals surface area contributed by atoms with Gasteiger partial charge in [-0.3, -0.25) is 4.79 Å². The summed E-state index contributed by atoms with van der Waals surface area (Å²) in [5.74, 6) is -0.140. The molecule has 0 fully saturated rings. The van der Waals surface area contributed by atoms with Crippen molar-refractivity contribution in [1.29, 1.82) is 0 Å². The van der Waals surface area contributed by atoms with Crippen molar-refractivity contribution in [2.24, 2.45) is 0 Å². The lowest BCUT2D eigenvalue weighted by atomic mass is 10.1. The van der Waals surface area contributed by atoms with Crippen LogP contribution in [-0.4, -0.2) is 10.8 Å². The zero-order valence-corrected chi connectivity index (χ0v) is 10.5. The normalized spacial score (nSPS) is 11.0. The minimum absolute atomic E-state index is 0.140. The van der Waals surface area contributed by atoms with Crippen molar-refractivity contribution in [3.63, 3.8) is 0 Å². The van der Waals surface area contributed by atoms with Crippen molar-refractivity contribution < 1.29 is 9.21 Å². The maximum Gasteiger partial charge on any atom is 0.198 e. The first-order chi connectivity index (χ1) is 8.66. The van der Waals surface area contributed by atoms with Crippen LogP contribution in [0.5, 0.6) is 0 Å². The molecular weight excluding hydrogens is 273 g/mol. The van der Waals surface area contributed by atoms with Crippen LogP contribution in [-0.2, 0) is 0 Å². The van der Waals surface area contributed by atoms with E-state index in [9.17, 15) is 4.79 Å². The van der Waals surface area contributed by atoms with Crippen LogP contribution in [0.1, 0.15) is 15.9 Å². The number of aromatic amines is 1. The number of halogens is 2. The predicted molar refractivity (Wildman–Crippen MR) is 70.5 cm³/mol. The van der Waals surface area contributed by atoms with Gasteiger partial charge in [-0.15, -0.1) is 0 Å². The third kappa shape index (κ3) is 1.72.